The van der Waals surface area contributed by atoms with Crippen LogP contribution in [-0.2, 0) is 3.79 Å². The van der Waals surface area contributed by atoms with E-state index in [-0.39, 0.29) is 5.82 Å². The van der Waals surface area contributed by atoms with Crippen molar-refractivity contribution in [3.63, 3.8) is 0 Å². The van der Waals surface area contributed by atoms with Gasteiger partial charge in [0, 0.05) is 0 Å². The highest BCUT2D eigenvalue weighted by Crippen LogP contribution is 2.34. The van der Waals surface area contributed by atoms with Gasteiger partial charge in [-0.15, -0.1) is 0 Å². The molecule has 0 saturated carbocycles. The van der Waals surface area contributed by atoms with E-state index in [4.69, 9.17) is 34.8 Å². The van der Waals surface area contributed by atoms with Gasteiger partial charge in [-0.3, -0.25) is 9.51 Å². The smallest absolute Gasteiger partial charge is 0.296 e. The third-order valence-corrected chi connectivity index (χ3v) is 1.25. The van der Waals surface area contributed by atoms with Crippen LogP contribution >= 0.6 is 34.8 Å². The van der Waals surface area contributed by atoms with Gasteiger partial charge in [0.2, 0.25) is 5.82 Å². The van der Waals surface area contributed by atoms with E-state index in [2.05, 4.69) is 14.7 Å². The lowest BCUT2D eigenvalue weighted by Crippen LogP contribution is -2.05. The molecule has 0 unspecified atom stereocenters. The van der Waals surface area contributed by atoms with Crippen LogP contribution in [0.5, 0.6) is 0 Å². The quantitative estimate of drug-likeness (QED) is 0.644. The van der Waals surface area contributed by atoms with Crippen LogP contribution in [0.25, 0.3) is 0 Å². The molecule has 0 spiro atoms. The Labute approximate surface area is 70.1 Å². The molecule has 0 aliphatic rings. The molecule has 0 bridgehead atoms. The summed E-state index contributed by atoms with van der Waals surface area (Å²) in [6.07, 6.45) is 0. The summed E-state index contributed by atoms with van der Waals surface area (Å²) in [5, 5.41) is 3.15. The Morgan fingerprint density at radius 1 is 1.50 bits per heavy atom. The Morgan fingerprint density at radius 3 is 2.30 bits per heavy atom. The lowest BCUT2D eigenvalue weighted by atomic mass is 10.7. The topological polar surface area (TPSA) is 58.9 Å². The van der Waals surface area contributed by atoms with Crippen LogP contribution < -0.4 is 5.76 Å². The summed E-state index contributed by atoms with van der Waals surface area (Å²) in [6.45, 7) is 0. The number of aromatic nitrogens is 2. The Kier molecular flexibility index (Phi) is 1.94. The monoisotopic (exact) mass is 202 g/mol. The van der Waals surface area contributed by atoms with Crippen molar-refractivity contribution in [3.05, 3.63) is 16.4 Å². The fourth-order valence-corrected chi connectivity index (χ4v) is 0.597. The number of hydrogen-bond acceptors (Lipinski definition) is 3. The molecule has 1 aromatic rings. The van der Waals surface area contributed by atoms with Gasteiger partial charge in [-0.25, -0.2) is 4.79 Å². The van der Waals surface area contributed by atoms with Crippen molar-refractivity contribution >= 4 is 34.8 Å². The van der Waals surface area contributed by atoms with Gasteiger partial charge in [-0.2, -0.15) is 0 Å². The van der Waals surface area contributed by atoms with Gasteiger partial charge in [0.25, 0.3) is 3.79 Å². The number of aromatic amines is 1. The first kappa shape index (κ1) is 7.91. The van der Waals surface area contributed by atoms with E-state index >= 15 is 0 Å². The van der Waals surface area contributed by atoms with E-state index in [1.54, 1.807) is 0 Å². The molecule has 0 atom stereocenters. The van der Waals surface area contributed by atoms with Gasteiger partial charge < -0.3 is 0 Å². The van der Waals surface area contributed by atoms with Crippen molar-refractivity contribution in [1.82, 2.24) is 10.1 Å². The van der Waals surface area contributed by atoms with E-state index in [9.17, 15) is 4.79 Å². The van der Waals surface area contributed by atoms with Gasteiger partial charge >= 0.3 is 5.76 Å². The first-order valence-electron chi connectivity index (χ1n) is 2.13. The number of nitrogens with one attached hydrogen (secondary N) is 1. The molecule has 0 saturated heterocycles. The van der Waals surface area contributed by atoms with E-state index in [1.807, 2.05) is 0 Å². The number of hydrogen-bond donors (Lipinski definition) is 1. The minimum atomic E-state index is -1.73. The van der Waals surface area contributed by atoms with Crippen LogP contribution in [-0.4, -0.2) is 10.1 Å². The van der Waals surface area contributed by atoms with Crippen LogP contribution in [0.2, 0.25) is 0 Å². The molecule has 0 aromatic carbocycles. The van der Waals surface area contributed by atoms with Crippen molar-refractivity contribution in [1.29, 1.82) is 0 Å². The maximum atomic E-state index is 10.3. The van der Waals surface area contributed by atoms with E-state index < -0.39 is 9.55 Å². The number of alkyl halides is 3. The third kappa shape index (κ3) is 1.65. The van der Waals surface area contributed by atoms with E-state index in [0.717, 1.165) is 0 Å². The molecule has 0 radical (unpaired) electrons. The number of halogens is 3. The highest BCUT2D eigenvalue weighted by molar-refractivity contribution is 6.66. The molecule has 0 fully saturated rings. The van der Waals surface area contributed by atoms with Gasteiger partial charge in [0.15, 0.2) is 0 Å². The van der Waals surface area contributed by atoms with Gasteiger partial charge in [0.1, 0.15) is 0 Å². The van der Waals surface area contributed by atoms with Crippen LogP contribution in [0, 0.1) is 0 Å². The van der Waals surface area contributed by atoms with Crippen LogP contribution in [0.15, 0.2) is 9.32 Å². The van der Waals surface area contributed by atoms with Gasteiger partial charge in [-0.05, 0) is 0 Å². The SMILES string of the molecule is O=c1[nH]c(C(Cl)(Cl)Cl)no1. The van der Waals surface area contributed by atoms with Gasteiger partial charge in [-0.1, -0.05) is 40.0 Å². The van der Waals surface area contributed by atoms with E-state index in [0.29, 0.717) is 0 Å². The van der Waals surface area contributed by atoms with Crippen LogP contribution in [0.3, 0.4) is 0 Å². The molecular weight excluding hydrogens is 202 g/mol. The molecule has 1 aromatic heterocycles. The Hall–Kier alpha value is -0.190. The molecule has 1 rings (SSSR count). The largest absolute Gasteiger partial charge is 0.439 e. The molecule has 7 heteroatoms. The maximum Gasteiger partial charge on any atom is 0.439 e. The zero-order valence-electron chi connectivity index (χ0n) is 4.40. The van der Waals surface area contributed by atoms with Crippen LogP contribution in [0.1, 0.15) is 5.82 Å². The lowest BCUT2D eigenvalue weighted by Gasteiger charge is -2.01. The Morgan fingerprint density at radius 2 is 2.10 bits per heavy atom. The molecule has 1 heterocycles. The first-order chi connectivity index (χ1) is 4.50. The fourth-order valence-electron chi connectivity index (χ4n) is 0.352. The number of rotatable bonds is 0. The lowest BCUT2D eigenvalue weighted by molar-refractivity contribution is 0.381. The zero-order chi connectivity index (χ0) is 7.78. The number of H-pyrrole nitrogens is 1. The average Bonchev–Trinajstić information content (AvgIpc) is 2.11. The zero-order valence-corrected chi connectivity index (χ0v) is 6.67. The van der Waals surface area contributed by atoms with E-state index in [1.165, 1.54) is 0 Å². The second kappa shape index (κ2) is 2.45. The minimum Gasteiger partial charge on any atom is -0.296 e. The predicted molar refractivity (Wildman–Crippen MR) is 36.4 cm³/mol. The molecular formula is C3HCl3N2O2. The van der Waals surface area contributed by atoms with Crippen molar-refractivity contribution < 1.29 is 4.52 Å². The van der Waals surface area contributed by atoms with Crippen molar-refractivity contribution in [2.75, 3.05) is 0 Å². The molecule has 0 aliphatic heterocycles. The molecule has 0 aliphatic carbocycles. The first-order valence-corrected chi connectivity index (χ1v) is 3.27. The molecule has 1 N–H and O–H groups in total. The Balaban J connectivity index is 3.07. The third-order valence-electron chi connectivity index (χ3n) is 0.709. The molecule has 10 heavy (non-hydrogen) atoms. The fraction of sp³-hybridized carbons (Fsp3) is 0.333. The van der Waals surface area contributed by atoms with Crippen LogP contribution in [0.4, 0.5) is 0 Å². The predicted octanol–water partition coefficient (Wildman–Crippen LogP) is 1.19. The number of nitrogens with zero attached hydrogens (tertiary/aromatic N) is 1. The summed E-state index contributed by atoms with van der Waals surface area (Å²) in [5.41, 5.74) is 0. The maximum absolute atomic E-state index is 10.3. The normalized spacial score (nSPS) is 11.9. The summed E-state index contributed by atoms with van der Waals surface area (Å²) in [7, 11) is 0. The molecule has 4 nitrogen and oxygen atoms in total. The molecule has 0 amide bonds. The summed E-state index contributed by atoms with van der Waals surface area (Å²) in [5.74, 6) is -0.871. The summed E-state index contributed by atoms with van der Waals surface area (Å²) in [4.78, 5) is 12.4. The second-order valence-electron chi connectivity index (χ2n) is 1.44. The highest BCUT2D eigenvalue weighted by atomic mass is 35.6. The van der Waals surface area contributed by atoms with Crippen molar-refractivity contribution in [3.8, 4) is 0 Å². The summed E-state index contributed by atoms with van der Waals surface area (Å²) >= 11 is 15.9. The summed E-state index contributed by atoms with van der Waals surface area (Å²) < 4.78 is 2.35. The molecule has 56 valence electrons. The van der Waals surface area contributed by atoms with Gasteiger partial charge in [0.05, 0.1) is 0 Å². The average molecular weight is 203 g/mol. The van der Waals surface area contributed by atoms with Crippen molar-refractivity contribution in [2.24, 2.45) is 0 Å². The summed E-state index contributed by atoms with van der Waals surface area (Å²) in [6, 6.07) is 0. The second-order valence-corrected chi connectivity index (χ2v) is 3.72. The highest BCUT2D eigenvalue weighted by Gasteiger charge is 2.27. The standard InChI is InChI=1S/C3HCl3N2O2/c4-3(5,6)1-7-2(9)10-8-1/h(H,7,8,9). The van der Waals surface area contributed by atoms with Crippen molar-refractivity contribution in [2.45, 2.75) is 3.79 Å². The Bertz CT molecular complexity index is 272. The minimum absolute atomic E-state index is 0.123.